The van der Waals surface area contributed by atoms with E-state index in [2.05, 4.69) is 6.07 Å². The van der Waals surface area contributed by atoms with E-state index >= 15 is 0 Å². The molecule has 1 aromatic carbocycles. The Morgan fingerprint density at radius 1 is 1.52 bits per heavy atom. The molecule has 1 aromatic rings. The summed E-state index contributed by atoms with van der Waals surface area (Å²) in [5.74, 6) is -0.0694. The second kappa shape index (κ2) is 7.17. The number of hydrogen-bond donors (Lipinski definition) is 1. The van der Waals surface area contributed by atoms with Crippen molar-refractivity contribution in [2.24, 2.45) is 0 Å². The molecule has 1 fully saturated rings. The van der Waals surface area contributed by atoms with E-state index < -0.39 is 5.97 Å². The van der Waals surface area contributed by atoms with E-state index in [1.807, 2.05) is 26.0 Å². The van der Waals surface area contributed by atoms with Crippen molar-refractivity contribution in [2.45, 2.75) is 39.2 Å². The van der Waals surface area contributed by atoms with Gasteiger partial charge in [-0.25, -0.2) is 0 Å². The van der Waals surface area contributed by atoms with E-state index in [4.69, 9.17) is 22.1 Å². The van der Waals surface area contributed by atoms with E-state index in [0.29, 0.717) is 22.2 Å². The molecule has 1 N–H and O–H groups in total. The third kappa shape index (κ3) is 3.88. The molecule has 0 spiro atoms. The predicted molar refractivity (Wildman–Crippen MR) is 102 cm³/mol. The smallest absolute Gasteiger partial charge is 0.303 e. The third-order valence-electron chi connectivity index (χ3n) is 4.14. The van der Waals surface area contributed by atoms with Gasteiger partial charge < -0.3 is 9.84 Å². The molecule has 1 saturated heterocycles. The lowest BCUT2D eigenvalue weighted by atomic mass is 10.0. The number of aryl methyl sites for hydroxylation is 1. The third-order valence-corrected chi connectivity index (χ3v) is 5.52. The summed E-state index contributed by atoms with van der Waals surface area (Å²) in [6.45, 7) is 4.38. The molecular formula is C18H19NO4S2. The largest absolute Gasteiger partial charge is 0.490 e. The summed E-state index contributed by atoms with van der Waals surface area (Å²) in [6.07, 6.45) is 3.32. The van der Waals surface area contributed by atoms with Gasteiger partial charge in [-0.3, -0.25) is 14.5 Å². The minimum Gasteiger partial charge on any atom is -0.490 e. The van der Waals surface area contributed by atoms with Crippen LogP contribution in [0.15, 0.2) is 17.0 Å². The maximum atomic E-state index is 12.5. The molecule has 0 aliphatic carbocycles. The molecule has 2 heterocycles. The number of carboxylic acid groups (broad SMARTS) is 1. The summed E-state index contributed by atoms with van der Waals surface area (Å²) < 4.78 is 6.29. The van der Waals surface area contributed by atoms with Crippen LogP contribution in [0.2, 0.25) is 0 Å². The topological polar surface area (TPSA) is 66.8 Å². The summed E-state index contributed by atoms with van der Waals surface area (Å²) in [5.41, 5.74) is 3.18. The molecule has 0 aromatic heterocycles. The fourth-order valence-electron chi connectivity index (χ4n) is 3.07. The lowest BCUT2D eigenvalue weighted by Crippen LogP contribution is -2.29. The van der Waals surface area contributed by atoms with Gasteiger partial charge in [0.2, 0.25) is 0 Å². The highest BCUT2D eigenvalue weighted by atomic mass is 32.2. The normalized spacial score (nSPS) is 21.0. The molecule has 1 amide bonds. The zero-order valence-electron chi connectivity index (χ0n) is 14.1. The minimum absolute atomic E-state index is 0.0261. The van der Waals surface area contributed by atoms with Crippen LogP contribution in [0.1, 0.15) is 36.5 Å². The Labute approximate surface area is 156 Å². The lowest BCUT2D eigenvalue weighted by molar-refractivity contribution is -0.137. The van der Waals surface area contributed by atoms with Crippen LogP contribution >= 0.6 is 24.0 Å². The summed E-state index contributed by atoms with van der Waals surface area (Å²) in [4.78, 5) is 25.2. The number of thioether (sulfide) groups is 1. The van der Waals surface area contributed by atoms with Crippen molar-refractivity contribution in [1.82, 2.24) is 4.90 Å². The molecule has 3 rings (SSSR count). The van der Waals surface area contributed by atoms with E-state index in [-0.39, 0.29) is 18.4 Å². The molecule has 0 bridgehead atoms. The molecule has 25 heavy (non-hydrogen) atoms. The first-order chi connectivity index (χ1) is 11.8. The predicted octanol–water partition coefficient (Wildman–Crippen LogP) is 3.38. The minimum atomic E-state index is -0.869. The number of benzene rings is 1. The average Bonchev–Trinajstić information content (AvgIpc) is 3.01. The quantitative estimate of drug-likeness (QED) is 0.627. The number of rotatable bonds is 5. The van der Waals surface area contributed by atoms with Crippen molar-refractivity contribution in [2.75, 3.05) is 6.54 Å². The van der Waals surface area contributed by atoms with Crippen LogP contribution in [-0.2, 0) is 16.0 Å². The van der Waals surface area contributed by atoms with E-state index in [9.17, 15) is 9.59 Å². The summed E-state index contributed by atoms with van der Waals surface area (Å²) in [5, 5.41) is 8.72. The fraction of sp³-hybridized carbons (Fsp3) is 0.389. The summed E-state index contributed by atoms with van der Waals surface area (Å²) in [6, 6.07) is 4.07. The monoisotopic (exact) mass is 377 g/mol. The molecule has 5 nitrogen and oxygen atoms in total. The zero-order valence-corrected chi connectivity index (χ0v) is 15.7. The van der Waals surface area contributed by atoms with Crippen LogP contribution in [0.4, 0.5) is 0 Å². The molecule has 1 atom stereocenters. The maximum absolute atomic E-state index is 12.5. The Morgan fingerprint density at radius 2 is 2.28 bits per heavy atom. The maximum Gasteiger partial charge on any atom is 0.303 e. The highest BCUT2D eigenvalue weighted by Gasteiger charge is 2.32. The highest BCUT2D eigenvalue weighted by molar-refractivity contribution is 8.26. The molecule has 0 radical (unpaired) electrons. The molecule has 132 valence electrons. The number of hydrogen-bond acceptors (Lipinski definition) is 5. The fourth-order valence-corrected chi connectivity index (χ4v) is 4.37. The first-order valence-electron chi connectivity index (χ1n) is 8.12. The number of ether oxygens (including phenoxy) is 1. The second-order valence-electron chi connectivity index (χ2n) is 6.29. The molecule has 1 unspecified atom stereocenters. The number of nitrogens with zero attached hydrogens (tertiary/aromatic N) is 1. The van der Waals surface area contributed by atoms with Crippen molar-refractivity contribution in [1.29, 1.82) is 0 Å². The number of carbonyl (C=O) groups is 2. The van der Waals surface area contributed by atoms with Gasteiger partial charge in [-0.2, -0.15) is 0 Å². The number of carboxylic acids is 1. The standard InChI is InChI=1S/C18H19NO4S2/c1-10-6-12(8-13-7-11(2)23-16(10)13)9-14-17(22)19(18(24)25-14)5-3-4-15(20)21/h6,8-9,11H,3-5,7H2,1-2H3,(H,20,21)/b14-9-. The van der Waals surface area contributed by atoms with Gasteiger partial charge in [-0.1, -0.05) is 24.0 Å². The van der Waals surface area contributed by atoms with E-state index in [0.717, 1.165) is 28.9 Å². The summed E-state index contributed by atoms with van der Waals surface area (Å²) >= 11 is 6.54. The Kier molecular flexibility index (Phi) is 5.15. The van der Waals surface area contributed by atoms with Crippen LogP contribution in [0.5, 0.6) is 5.75 Å². The number of carbonyl (C=O) groups excluding carboxylic acids is 1. The van der Waals surface area contributed by atoms with Crippen molar-refractivity contribution < 1.29 is 19.4 Å². The molecule has 7 heteroatoms. The average molecular weight is 377 g/mol. The number of amides is 1. The van der Waals surface area contributed by atoms with Crippen LogP contribution in [-0.4, -0.2) is 38.9 Å². The number of aliphatic carboxylic acids is 1. The molecule has 2 aliphatic rings. The Morgan fingerprint density at radius 3 is 3.00 bits per heavy atom. The van der Waals surface area contributed by atoms with Crippen molar-refractivity contribution in [3.63, 3.8) is 0 Å². The van der Waals surface area contributed by atoms with Gasteiger partial charge in [0.05, 0.1) is 4.91 Å². The zero-order chi connectivity index (χ0) is 18.1. The Balaban J connectivity index is 1.77. The molecule has 0 saturated carbocycles. The van der Waals surface area contributed by atoms with Gasteiger partial charge >= 0.3 is 5.97 Å². The Bertz CT molecular complexity index is 788. The van der Waals surface area contributed by atoms with Gasteiger partial charge in [-0.05, 0) is 55.2 Å². The lowest BCUT2D eigenvalue weighted by Gasteiger charge is -2.13. The SMILES string of the molecule is Cc1cc(/C=C2\SC(=S)N(CCCC(=O)O)C2=O)cc2c1OC(C)C2. The van der Waals surface area contributed by atoms with Crippen LogP contribution in [0.25, 0.3) is 6.08 Å². The van der Waals surface area contributed by atoms with Gasteiger partial charge in [0.1, 0.15) is 16.2 Å². The van der Waals surface area contributed by atoms with Gasteiger partial charge in [-0.15, -0.1) is 0 Å². The Hall–Kier alpha value is -1.86. The van der Waals surface area contributed by atoms with Crippen molar-refractivity contribution >= 4 is 46.3 Å². The van der Waals surface area contributed by atoms with E-state index in [1.165, 1.54) is 16.7 Å². The van der Waals surface area contributed by atoms with Gasteiger partial charge in [0, 0.05) is 19.4 Å². The number of thiocarbonyl (C=S) groups is 1. The first-order valence-corrected chi connectivity index (χ1v) is 9.35. The van der Waals surface area contributed by atoms with Gasteiger partial charge in [0.25, 0.3) is 5.91 Å². The van der Waals surface area contributed by atoms with Crippen LogP contribution in [0.3, 0.4) is 0 Å². The summed E-state index contributed by atoms with van der Waals surface area (Å²) in [7, 11) is 0. The van der Waals surface area contributed by atoms with E-state index in [1.54, 1.807) is 0 Å². The van der Waals surface area contributed by atoms with Crippen LogP contribution in [0, 0.1) is 6.92 Å². The second-order valence-corrected chi connectivity index (χ2v) is 7.97. The first kappa shape index (κ1) is 17.9. The highest BCUT2D eigenvalue weighted by Crippen LogP contribution is 2.36. The van der Waals surface area contributed by atoms with Gasteiger partial charge in [0.15, 0.2) is 0 Å². The van der Waals surface area contributed by atoms with Crippen molar-refractivity contribution in [3.8, 4) is 5.75 Å². The van der Waals surface area contributed by atoms with Crippen molar-refractivity contribution in [3.05, 3.63) is 33.7 Å². The van der Waals surface area contributed by atoms with Crippen LogP contribution < -0.4 is 4.74 Å². The molecular weight excluding hydrogens is 358 g/mol. The molecule has 2 aliphatic heterocycles. The number of fused-ring (bicyclic) bond motifs is 1.